The third kappa shape index (κ3) is 6.75. The van der Waals surface area contributed by atoms with E-state index >= 15 is 0 Å². The monoisotopic (exact) mass is 383 g/mol. The Morgan fingerprint density at radius 1 is 1.00 bits per heavy atom. The van der Waals surface area contributed by atoms with Gasteiger partial charge < -0.3 is 5.32 Å². The van der Waals surface area contributed by atoms with Crippen molar-refractivity contribution in [3.63, 3.8) is 0 Å². The van der Waals surface area contributed by atoms with Crippen LogP contribution in [0.2, 0.25) is 5.02 Å². The van der Waals surface area contributed by atoms with Gasteiger partial charge in [0.15, 0.2) is 0 Å². The van der Waals surface area contributed by atoms with Crippen LogP contribution >= 0.6 is 35.1 Å². The molecule has 24 heavy (non-hydrogen) atoms. The highest BCUT2D eigenvalue weighted by Gasteiger charge is 2.04. The van der Waals surface area contributed by atoms with Gasteiger partial charge in [0.1, 0.15) is 5.82 Å². The van der Waals surface area contributed by atoms with Crippen molar-refractivity contribution < 1.29 is 9.18 Å². The molecule has 2 nitrogen and oxygen atoms in total. The molecule has 0 unspecified atom stereocenters. The van der Waals surface area contributed by atoms with Gasteiger partial charge in [-0.1, -0.05) is 48.0 Å². The summed E-state index contributed by atoms with van der Waals surface area (Å²) in [7, 11) is 0. The number of carbonyl (C=O) groups excluding carboxylic acids is 1. The molecule has 0 saturated carbocycles. The average molecular weight is 384 g/mol. The number of rotatable bonds is 9. The van der Waals surface area contributed by atoms with Crippen LogP contribution in [0.1, 0.15) is 11.1 Å². The van der Waals surface area contributed by atoms with Gasteiger partial charge in [-0.05, 0) is 23.3 Å². The van der Waals surface area contributed by atoms with E-state index in [9.17, 15) is 9.18 Å². The summed E-state index contributed by atoms with van der Waals surface area (Å²) >= 11 is 9.22. The van der Waals surface area contributed by atoms with Crippen LogP contribution in [0.4, 0.5) is 4.39 Å². The highest BCUT2D eigenvalue weighted by Crippen LogP contribution is 2.20. The Hall–Kier alpha value is -1.17. The Labute approximate surface area is 155 Å². The smallest absolute Gasteiger partial charge is 0.230 e. The molecule has 0 aliphatic carbocycles. The van der Waals surface area contributed by atoms with Crippen molar-refractivity contribution in [1.29, 1.82) is 0 Å². The van der Waals surface area contributed by atoms with E-state index in [1.807, 2.05) is 30.3 Å². The molecule has 0 heterocycles. The Kier molecular flexibility index (Phi) is 8.50. The first kappa shape index (κ1) is 19.2. The van der Waals surface area contributed by atoms with Gasteiger partial charge in [-0.2, -0.15) is 11.8 Å². The van der Waals surface area contributed by atoms with Crippen LogP contribution < -0.4 is 5.32 Å². The largest absolute Gasteiger partial charge is 0.355 e. The van der Waals surface area contributed by atoms with Crippen molar-refractivity contribution in [1.82, 2.24) is 5.32 Å². The maximum absolute atomic E-state index is 13.4. The molecule has 128 valence electrons. The fraction of sp³-hybridized carbons (Fsp3) is 0.278. The molecule has 2 aromatic carbocycles. The fourth-order valence-electron chi connectivity index (χ4n) is 1.98. The zero-order valence-electron chi connectivity index (χ0n) is 13.1. The van der Waals surface area contributed by atoms with Gasteiger partial charge in [-0.15, -0.1) is 11.8 Å². The lowest BCUT2D eigenvalue weighted by Gasteiger charge is -2.07. The van der Waals surface area contributed by atoms with Gasteiger partial charge in [0, 0.05) is 28.8 Å². The first-order chi connectivity index (χ1) is 11.7. The summed E-state index contributed by atoms with van der Waals surface area (Å²) < 4.78 is 13.4. The van der Waals surface area contributed by atoms with E-state index < -0.39 is 0 Å². The number of benzene rings is 2. The minimum absolute atomic E-state index is 0.0125. The zero-order valence-corrected chi connectivity index (χ0v) is 15.5. The van der Waals surface area contributed by atoms with Crippen LogP contribution in [0.25, 0.3) is 0 Å². The SMILES string of the molecule is O=C(CSCc1ccccc1Cl)NCCSCc1ccccc1F. The van der Waals surface area contributed by atoms with Crippen molar-refractivity contribution in [3.05, 3.63) is 70.5 Å². The summed E-state index contributed by atoms with van der Waals surface area (Å²) in [6.45, 7) is 0.588. The fourth-order valence-corrected chi connectivity index (χ4v) is 3.97. The van der Waals surface area contributed by atoms with Crippen molar-refractivity contribution >= 4 is 41.0 Å². The minimum Gasteiger partial charge on any atom is -0.355 e. The summed E-state index contributed by atoms with van der Waals surface area (Å²) in [5, 5.41) is 3.61. The third-order valence-corrected chi connectivity index (χ3v) is 5.59. The summed E-state index contributed by atoms with van der Waals surface area (Å²) in [5.74, 6) is 2.33. The van der Waals surface area contributed by atoms with E-state index in [2.05, 4.69) is 5.32 Å². The van der Waals surface area contributed by atoms with Gasteiger partial charge in [0.2, 0.25) is 5.91 Å². The van der Waals surface area contributed by atoms with E-state index in [4.69, 9.17) is 11.6 Å². The van der Waals surface area contributed by atoms with E-state index in [1.165, 1.54) is 17.8 Å². The first-order valence-corrected chi connectivity index (χ1v) is 10.2. The lowest BCUT2D eigenvalue weighted by Crippen LogP contribution is -2.27. The molecule has 2 aromatic rings. The van der Waals surface area contributed by atoms with Gasteiger partial charge in [-0.3, -0.25) is 4.79 Å². The maximum Gasteiger partial charge on any atom is 0.230 e. The molecule has 1 amide bonds. The molecule has 0 aliphatic heterocycles. The molecular weight excluding hydrogens is 365 g/mol. The number of thioether (sulfide) groups is 2. The summed E-state index contributed by atoms with van der Waals surface area (Å²) in [6.07, 6.45) is 0. The number of halogens is 2. The van der Waals surface area contributed by atoms with Crippen LogP contribution in [0.15, 0.2) is 48.5 Å². The number of nitrogens with one attached hydrogen (secondary N) is 1. The van der Waals surface area contributed by atoms with E-state index in [0.29, 0.717) is 23.6 Å². The van der Waals surface area contributed by atoms with E-state index in [0.717, 1.165) is 22.1 Å². The Morgan fingerprint density at radius 3 is 2.42 bits per heavy atom. The lowest BCUT2D eigenvalue weighted by molar-refractivity contribution is -0.118. The molecule has 0 spiro atoms. The van der Waals surface area contributed by atoms with Crippen LogP contribution in [0, 0.1) is 5.82 Å². The summed E-state index contributed by atoms with van der Waals surface area (Å²) in [4.78, 5) is 11.8. The van der Waals surface area contributed by atoms with Crippen molar-refractivity contribution in [2.24, 2.45) is 0 Å². The highest BCUT2D eigenvalue weighted by molar-refractivity contribution is 7.99. The molecular formula is C18H19ClFNOS2. The molecule has 0 saturated heterocycles. The third-order valence-electron chi connectivity index (χ3n) is 3.23. The number of carbonyl (C=O) groups is 1. The molecule has 0 fully saturated rings. The topological polar surface area (TPSA) is 29.1 Å². The molecule has 2 rings (SSSR count). The Balaban J connectivity index is 1.55. The van der Waals surface area contributed by atoms with Crippen molar-refractivity contribution in [2.45, 2.75) is 11.5 Å². The second-order valence-electron chi connectivity index (χ2n) is 5.08. The summed E-state index contributed by atoms with van der Waals surface area (Å²) in [5.41, 5.74) is 1.74. The van der Waals surface area contributed by atoms with Crippen LogP contribution in [-0.4, -0.2) is 24.0 Å². The van der Waals surface area contributed by atoms with Gasteiger partial charge >= 0.3 is 0 Å². The molecule has 0 atom stereocenters. The average Bonchev–Trinajstić information content (AvgIpc) is 2.58. The number of amides is 1. The number of hydrogen-bond donors (Lipinski definition) is 1. The molecule has 0 radical (unpaired) electrons. The Morgan fingerprint density at radius 2 is 1.67 bits per heavy atom. The summed E-state index contributed by atoms with van der Waals surface area (Å²) in [6, 6.07) is 14.4. The predicted octanol–water partition coefficient (Wildman–Crippen LogP) is 4.76. The van der Waals surface area contributed by atoms with Crippen LogP contribution in [0.5, 0.6) is 0 Å². The predicted molar refractivity (Wildman–Crippen MR) is 103 cm³/mol. The van der Waals surface area contributed by atoms with Gasteiger partial charge in [0.25, 0.3) is 0 Å². The van der Waals surface area contributed by atoms with Crippen LogP contribution in [-0.2, 0) is 16.3 Å². The first-order valence-electron chi connectivity index (χ1n) is 7.56. The zero-order chi connectivity index (χ0) is 17.2. The van der Waals surface area contributed by atoms with Crippen LogP contribution in [0.3, 0.4) is 0 Å². The van der Waals surface area contributed by atoms with Crippen molar-refractivity contribution in [3.8, 4) is 0 Å². The molecule has 0 aromatic heterocycles. The lowest BCUT2D eigenvalue weighted by atomic mass is 10.2. The second kappa shape index (κ2) is 10.6. The second-order valence-corrected chi connectivity index (χ2v) is 7.58. The van der Waals surface area contributed by atoms with Crippen molar-refractivity contribution in [2.75, 3.05) is 18.1 Å². The standard InChI is InChI=1S/C18H19ClFNOS2/c19-16-7-3-1-5-14(16)11-24-13-18(22)21-9-10-23-12-15-6-2-4-8-17(15)20/h1-8H,9-13H2,(H,21,22). The normalized spacial score (nSPS) is 10.6. The van der Waals surface area contributed by atoms with E-state index in [1.54, 1.807) is 23.9 Å². The Bertz CT molecular complexity index is 669. The molecule has 6 heteroatoms. The highest BCUT2D eigenvalue weighted by atomic mass is 35.5. The maximum atomic E-state index is 13.4. The molecule has 0 bridgehead atoms. The molecule has 0 aliphatic rings. The molecule has 1 N–H and O–H groups in total. The number of hydrogen-bond acceptors (Lipinski definition) is 3. The van der Waals surface area contributed by atoms with Gasteiger partial charge in [0.05, 0.1) is 5.75 Å². The minimum atomic E-state index is -0.176. The van der Waals surface area contributed by atoms with E-state index in [-0.39, 0.29) is 11.7 Å². The quantitative estimate of drug-likeness (QED) is 0.633. The van der Waals surface area contributed by atoms with Gasteiger partial charge in [-0.25, -0.2) is 4.39 Å².